The number of rotatable bonds is 5. The van der Waals surface area contributed by atoms with Gasteiger partial charge in [-0.05, 0) is 36.2 Å². The molecule has 110 valence electrons. The monoisotopic (exact) mass is 284 g/mol. The molecule has 0 aliphatic carbocycles. The van der Waals surface area contributed by atoms with Crippen LogP contribution in [0.4, 0.5) is 5.69 Å². The summed E-state index contributed by atoms with van der Waals surface area (Å²) in [5.41, 5.74) is 8.86. The average Bonchev–Trinajstić information content (AvgIpc) is 2.47. The van der Waals surface area contributed by atoms with Gasteiger partial charge in [0.2, 0.25) is 0 Å². The van der Waals surface area contributed by atoms with E-state index < -0.39 is 0 Å². The molecule has 3 N–H and O–H groups in total. The predicted molar refractivity (Wildman–Crippen MR) is 83.9 cm³/mol. The molecule has 0 aromatic heterocycles. The number of nitrogens with zero attached hydrogens (tertiary/aromatic N) is 1. The Labute approximate surface area is 124 Å². The molecule has 0 unspecified atom stereocenters. The van der Waals surface area contributed by atoms with Crippen molar-refractivity contribution >= 4 is 11.6 Å². The van der Waals surface area contributed by atoms with Gasteiger partial charge >= 0.3 is 0 Å². The molecule has 0 fully saturated rings. The Kier molecular flexibility index (Phi) is 4.95. The maximum Gasteiger partial charge on any atom is 0.254 e. The number of carbonyl (C=O) groups excluding carboxylic acids is 1. The van der Waals surface area contributed by atoms with Crippen LogP contribution in [0.15, 0.2) is 48.5 Å². The molecule has 2 aromatic rings. The SMILES string of the molecule is Cc1cc(N)ccc1C(=O)N(CCO)Cc1ccccc1. The molecule has 2 aromatic carbocycles. The predicted octanol–water partition coefficient (Wildman–Crippen LogP) is 2.21. The molecule has 4 heteroatoms. The van der Waals surface area contributed by atoms with Crippen LogP contribution in [0.5, 0.6) is 0 Å². The maximum atomic E-state index is 12.6. The van der Waals surface area contributed by atoms with E-state index in [0.29, 0.717) is 24.3 Å². The van der Waals surface area contributed by atoms with Gasteiger partial charge < -0.3 is 15.7 Å². The molecule has 2 rings (SSSR count). The minimum atomic E-state index is -0.0922. The van der Waals surface area contributed by atoms with E-state index in [4.69, 9.17) is 5.73 Å². The van der Waals surface area contributed by atoms with E-state index in [1.165, 1.54) is 0 Å². The van der Waals surface area contributed by atoms with E-state index in [1.807, 2.05) is 37.3 Å². The maximum absolute atomic E-state index is 12.6. The van der Waals surface area contributed by atoms with Gasteiger partial charge in [-0.1, -0.05) is 30.3 Å². The fourth-order valence-electron chi connectivity index (χ4n) is 2.27. The van der Waals surface area contributed by atoms with Gasteiger partial charge in [-0.25, -0.2) is 0 Å². The number of aliphatic hydroxyl groups excluding tert-OH is 1. The van der Waals surface area contributed by atoms with Crippen LogP contribution in [0.2, 0.25) is 0 Å². The Balaban J connectivity index is 2.23. The number of aliphatic hydroxyl groups is 1. The summed E-state index contributed by atoms with van der Waals surface area (Å²) >= 11 is 0. The summed E-state index contributed by atoms with van der Waals surface area (Å²) < 4.78 is 0. The molecule has 0 heterocycles. The van der Waals surface area contributed by atoms with Crippen molar-refractivity contribution in [1.82, 2.24) is 4.90 Å². The van der Waals surface area contributed by atoms with E-state index in [9.17, 15) is 9.90 Å². The first-order chi connectivity index (χ1) is 10.1. The second kappa shape index (κ2) is 6.90. The van der Waals surface area contributed by atoms with E-state index in [2.05, 4.69) is 0 Å². The van der Waals surface area contributed by atoms with Gasteiger partial charge in [0.05, 0.1) is 6.61 Å². The fourth-order valence-corrected chi connectivity index (χ4v) is 2.27. The van der Waals surface area contributed by atoms with Gasteiger partial charge in [-0.2, -0.15) is 0 Å². The number of nitrogens with two attached hydrogens (primary N) is 1. The topological polar surface area (TPSA) is 66.6 Å². The van der Waals surface area contributed by atoms with Gasteiger partial charge in [0.25, 0.3) is 5.91 Å². The highest BCUT2D eigenvalue weighted by molar-refractivity contribution is 5.96. The summed E-state index contributed by atoms with van der Waals surface area (Å²) in [6.07, 6.45) is 0. The summed E-state index contributed by atoms with van der Waals surface area (Å²) in [6, 6.07) is 15.0. The third kappa shape index (κ3) is 3.83. The Morgan fingerprint density at radius 3 is 2.52 bits per heavy atom. The molecule has 0 saturated carbocycles. The first-order valence-corrected chi connectivity index (χ1v) is 6.92. The van der Waals surface area contributed by atoms with E-state index in [0.717, 1.165) is 11.1 Å². The Hall–Kier alpha value is -2.33. The molecular formula is C17H20N2O2. The Morgan fingerprint density at radius 1 is 1.19 bits per heavy atom. The van der Waals surface area contributed by atoms with Crippen LogP contribution in [0, 0.1) is 6.92 Å². The normalized spacial score (nSPS) is 10.4. The second-order valence-corrected chi connectivity index (χ2v) is 5.01. The lowest BCUT2D eigenvalue weighted by atomic mass is 10.1. The lowest BCUT2D eigenvalue weighted by molar-refractivity contribution is 0.0707. The number of amides is 1. The molecule has 4 nitrogen and oxygen atoms in total. The van der Waals surface area contributed by atoms with Crippen LogP contribution in [0.25, 0.3) is 0 Å². The van der Waals surface area contributed by atoms with Crippen molar-refractivity contribution in [1.29, 1.82) is 0 Å². The van der Waals surface area contributed by atoms with Gasteiger partial charge in [0, 0.05) is 24.3 Å². The average molecular weight is 284 g/mol. The van der Waals surface area contributed by atoms with Crippen LogP contribution in [0.3, 0.4) is 0 Å². The van der Waals surface area contributed by atoms with E-state index in [-0.39, 0.29) is 12.5 Å². The molecular weight excluding hydrogens is 264 g/mol. The van der Waals surface area contributed by atoms with Gasteiger partial charge in [0.1, 0.15) is 0 Å². The highest BCUT2D eigenvalue weighted by atomic mass is 16.3. The summed E-state index contributed by atoms with van der Waals surface area (Å²) in [5.74, 6) is -0.0922. The zero-order valence-electron chi connectivity index (χ0n) is 12.1. The number of benzene rings is 2. The molecule has 0 aliphatic heterocycles. The van der Waals surface area contributed by atoms with Crippen LogP contribution < -0.4 is 5.73 Å². The molecule has 21 heavy (non-hydrogen) atoms. The lowest BCUT2D eigenvalue weighted by Gasteiger charge is -2.23. The first kappa shape index (κ1) is 15.1. The third-order valence-electron chi connectivity index (χ3n) is 3.35. The minimum Gasteiger partial charge on any atom is -0.399 e. The molecule has 0 saturated heterocycles. The first-order valence-electron chi connectivity index (χ1n) is 6.92. The quantitative estimate of drug-likeness (QED) is 0.827. The van der Waals surface area contributed by atoms with Crippen molar-refractivity contribution in [2.75, 3.05) is 18.9 Å². The molecule has 0 bridgehead atoms. The summed E-state index contributed by atoms with van der Waals surface area (Å²) in [4.78, 5) is 14.3. The van der Waals surface area contributed by atoms with Crippen molar-refractivity contribution in [2.45, 2.75) is 13.5 Å². The van der Waals surface area contributed by atoms with Crippen molar-refractivity contribution in [2.24, 2.45) is 0 Å². The Bertz CT molecular complexity index is 611. The number of nitrogen functional groups attached to an aromatic ring is 1. The number of carbonyl (C=O) groups is 1. The number of hydrogen-bond acceptors (Lipinski definition) is 3. The highest BCUT2D eigenvalue weighted by Crippen LogP contribution is 2.16. The lowest BCUT2D eigenvalue weighted by Crippen LogP contribution is -2.33. The van der Waals surface area contributed by atoms with Gasteiger partial charge in [-0.15, -0.1) is 0 Å². The van der Waals surface area contributed by atoms with Crippen molar-refractivity contribution in [3.63, 3.8) is 0 Å². The smallest absolute Gasteiger partial charge is 0.254 e. The molecule has 0 atom stereocenters. The summed E-state index contributed by atoms with van der Waals surface area (Å²) in [7, 11) is 0. The summed E-state index contributed by atoms with van der Waals surface area (Å²) in [6.45, 7) is 2.58. The van der Waals surface area contributed by atoms with Crippen molar-refractivity contribution in [3.05, 3.63) is 65.2 Å². The van der Waals surface area contributed by atoms with Crippen molar-refractivity contribution < 1.29 is 9.90 Å². The molecule has 1 amide bonds. The van der Waals surface area contributed by atoms with Gasteiger partial charge in [0.15, 0.2) is 0 Å². The fraction of sp³-hybridized carbons (Fsp3) is 0.235. The van der Waals surface area contributed by atoms with Gasteiger partial charge in [-0.3, -0.25) is 4.79 Å². The molecule has 0 aliphatic rings. The zero-order chi connectivity index (χ0) is 15.2. The van der Waals surface area contributed by atoms with Crippen molar-refractivity contribution in [3.8, 4) is 0 Å². The zero-order valence-corrected chi connectivity index (χ0v) is 12.1. The molecule has 0 radical (unpaired) electrons. The number of aryl methyl sites for hydroxylation is 1. The Morgan fingerprint density at radius 2 is 1.90 bits per heavy atom. The molecule has 0 spiro atoms. The minimum absolute atomic E-state index is 0.0629. The van der Waals surface area contributed by atoms with Crippen LogP contribution in [0.1, 0.15) is 21.5 Å². The van der Waals surface area contributed by atoms with Crippen LogP contribution in [-0.2, 0) is 6.54 Å². The van der Waals surface area contributed by atoms with E-state index in [1.54, 1.807) is 23.1 Å². The standard InChI is InChI=1S/C17H20N2O2/c1-13-11-15(18)7-8-16(13)17(21)19(9-10-20)12-14-5-3-2-4-6-14/h2-8,11,20H,9-10,12,18H2,1H3. The number of hydrogen-bond donors (Lipinski definition) is 2. The number of anilines is 1. The van der Waals surface area contributed by atoms with Crippen LogP contribution in [-0.4, -0.2) is 29.1 Å². The van der Waals surface area contributed by atoms with E-state index >= 15 is 0 Å². The highest BCUT2D eigenvalue weighted by Gasteiger charge is 2.17. The largest absolute Gasteiger partial charge is 0.399 e. The van der Waals surface area contributed by atoms with Crippen LogP contribution >= 0.6 is 0 Å². The third-order valence-corrected chi connectivity index (χ3v) is 3.35. The second-order valence-electron chi connectivity index (χ2n) is 5.01. The summed E-state index contributed by atoms with van der Waals surface area (Å²) in [5, 5.41) is 9.21.